The van der Waals surface area contributed by atoms with Gasteiger partial charge < -0.3 is 10.1 Å². The van der Waals surface area contributed by atoms with Gasteiger partial charge in [-0.25, -0.2) is 0 Å². The molecule has 2 aliphatic heterocycles. The number of likely N-dealkylation sites (tertiary alicyclic amines) is 2. The topological polar surface area (TPSA) is 44.8 Å². The van der Waals surface area contributed by atoms with Crippen LogP contribution in [-0.2, 0) is 11.3 Å². The number of amides is 1. The minimum Gasteiger partial charge on any atom is -0.494 e. The smallest absolute Gasteiger partial charge is 0.224 e. The number of carbonyl (C=O) groups excluding carboxylic acids is 1. The molecule has 5 heteroatoms. The van der Waals surface area contributed by atoms with Crippen molar-refractivity contribution in [2.45, 2.75) is 64.1 Å². The van der Waals surface area contributed by atoms with E-state index in [1.165, 1.54) is 31.2 Å². The lowest BCUT2D eigenvalue weighted by molar-refractivity contribution is -0.127. The van der Waals surface area contributed by atoms with Gasteiger partial charge in [-0.05, 0) is 82.8 Å². The maximum absolute atomic E-state index is 12.4. The first-order valence-electron chi connectivity index (χ1n) is 11.2. The standard InChI is InChI=1S/C23H35N3O2/c1-2-28-22-7-3-5-18(15-22)16-25-13-10-21(11-14-25)26-12-4-6-19(17-26)23(27)24-20-8-9-20/h3,5,7,15,19-21H,2,4,6,8-14,16-17H2,1H3,(H,24,27). The van der Waals surface area contributed by atoms with Crippen LogP contribution in [0.2, 0.25) is 0 Å². The second-order valence-corrected chi connectivity index (χ2v) is 8.70. The van der Waals surface area contributed by atoms with Gasteiger partial charge in [0.25, 0.3) is 0 Å². The molecule has 1 saturated carbocycles. The predicted molar refractivity (Wildman–Crippen MR) is 111 cm³/mol. The van der Waals surface area contributed by atoms with E-state index in [0.717, 1.165) is 51.3 Å². The van der Waals surface area contributed by atoms with Crippen LogP contribution in [0.15, 0.2) is 24.3 Å². The van der Waals surface area contributed by atoms with Crippen LogP contribution in [0.25, 0.3) is 0 Å². The zero-order chi connectivity index (χ0) is 19.3. The summed E-state index contributed by atoms with van der Waals surface area (Å²) in [6, 6.07) is 9.61. The molecule has 28 heavy (non-hydrogen) atoms. The average Bonchev–Trinajstić information content (AvgIpc) is 3.53. The average molecular weight is 386 g/mol. The third kappa shape index (κ3) is 5.26. The van der Waals surface area contributed by atoms with Crippen molar-refractivity contribution in [3.05, 3.63) is 29.8 Å². The zero-order valence-electron chi connectivity index (χ0n) is 17.2. The highest BCUT2D eigenvalue weighted by molar-refractivity contribution is 5.79. The van der Waals surface area contributed by atoms with Crippen LogP contribution in [-0.4, -0.2) is 60.6 Å². The Bertz CT molecular complexity index is 653. The molecule has 3 fully saturated rings. The van der Waals surface area contributed by atoms with E-state index in [2.05, 4.69) is 33.3 Å². The number of nitrogens with one attached hydrogen (secondary N) is 1. The largest absolute Gasteiger partial charge is 0.494 e. The van der Waals surface area contributed by atoms with Crippen molar-refractivity contribution in [1.82, 2.24) is 15.1 Å². The Kier molecular flexibility index (Phi) is 6.53. The SMILES string of the molecule is CCOc1cccc(CN2CCC(N3CCCC(C(=O)NC4CC4)C3)CC2)c1. The van der Waals surface area contributed by atoms with E-state index in [9.17, 15) is 4.79 Å². The van der Waals surface area contributed by atoms with Crippen molar-refractivity contribution in [2.75, 3.05) is 32.8 Å². The summed E-state index contributed by atoms with van der Waals surface area (Å²) in [4.78, 5) is 17.6. The first kappa shape index (κ1) is 19.7. The highest BCUT2D eigenvalue weighted by Crippen LogP contribution is 2.26. The highest BCUT2D eigenvalue weighted by Gasteiger charge is 2.33. The fraction of sp³-hybridized carbons (Fsp3) is 0.696. The minimum absolute atomic E-state index is 0.202. The van der Waals surface area contributed by atoms with E-state index in [0.29, 0.717) is 24.6 Å². The first-order chi connectivity index (χ1) is 13.7. The highest BCUT2D eigenvalue weighted by atomic mass is 16.5. The molecule has 2 saturated heterocycles. The van der Waals surface area contributed by atoms with Gasteiger partial charge in [0.15, 0.2) is 0 Å². The van der Waals surface area contributed by atoms with Crippen molar-refractivity contribution in [3.63, 3.8) is 0 Å². The third-order valence-electron chi connectivity index (χ3n) is 6.44. The van der Waals surface area contributed by atoms with Crippen LogP contribution in [0.5, 0.6) is 5.75 Å². The number of piperidine rings is 2. The second-order valence-electron chi connectivity index (χ2n) is 8.70. The maximum Gasteiger partial charge on any atom is 0.224 e. The van der Waals surface area contributed by atoms with E-state index < -0.39 is 0 Å². The van der Waals surface area contributed by atoms with E-state index in [1.54, 1.807) is 0 Å². The van der Waals surface area contributed by atoms with Gasteiger partial charge in [-0.3, -0.25) is 14.6 Å². The van der Waals surface area contributed by atoms with E-state index in [4.69, 9.17) is 4.74 Å². The normalized spacial score (nSPS) is 24.8. The molecule has 1 amide bonds. The summed E-state index contributed by atoms with van der Waals surface area (Å²) in [5.41, 5.74) is 1.33. The van der Waals surface area contributed by atoms with Crippen molar-refractivity contribution in [1.29, 1.82) is 0 Å². The van der Waals surface area contributed by atoms with Crippen molar-refractivity contribution in [3.8, 4) is 5.75 Å². The van der Waals surface area contributed by atoms with Crippen LogP contribution >= 0.6 is 0 Å². The van der Waals surface area contributed by atoms with Gasteiger partial charge in [-0.1, -0.05) is 12.1 Å². The first-order valence-corrected chi connectivity index (χ1v) is 11.2. The molecule has 4 rings (SSSR count). The van der Waals surface area contributed by atoms with E-state index >= 15 is 0 Å². The van der Waals surface area contributed by atoms with E-state index in [1.807, 2.05) is 13.0 Å². The van der Waals surface area contributed by atoms with Crippen molar-refractivity contribution < 1.29 is 9.53 Å². The molecule has 0 radical (unpaired) electrons. The molecular formula is C23H35N3O2. The van der Waals surface area contributed by atoms with Crippen LogP contribution in [0, 0.1) is 5.92 Å². The van der Waals surface area contributed by atoms with Gasteiger partial charge in [0.05, 0.1) is 12.5 Å². The summed E-state index contributed by atoms with van der Waals surface area (Å²) < 4.78 is 5.63. The molecule has 1 aromatic carbocycles. The maximum atomic E-state index is 12.4. The summed E-state index contributed by atoms with van der Waals surface area (Å²) in [5, 5.41) is 3.21. The number of rotatable bonds is 7. The lowest BCUT2D eigenvalue weighted by atomic mass is 9.93. The minimum atomic E-state index is 0.202. The Morgan fingerprint density at radius 3 is 2.71 bits per heavy atom. The van der Waals surface area contributed by atoms with Gasteiger partial charge >= 0.3 is 0 Å². The molecule has 3 aliphatic rings. The fourth-order valence-corrected chi connectivity index (χ4v) is 4.70. The molecule has 1 aliphatic carbocycles. The molecule has 2 heterocycles. The summed E-state index contributed by atoms with van der Waals surface area (Å²) in [6.07, 6.45) is 6.99. The quantitative estimate of drug-likeness (QED) is 0.784. The van der Waals surface area contributed by atoms with Crippen LogP contribution < -0.4 is 10.1 Å². The predicted octanol–water partition coefficient (Wildman–Crippen LogP) is 3.04. The van der Waals surface area contributed by atoms with E-state index in [-0.39, 0.29) is 5.92 Å². The second kappa shape index (κ2) is 9.27. The van der Waals surface area contributed by atoms with Crippen molar-refractivity contribution in [2.24, 2.45) is 5.92 Å². The van der Waals surface area contributed by atoms with Gasteiger partial charge in [0.2, 0.25) is 5.91 Å². The molecule has 154 valence electrons. The molecule has 1 aromatic rings. The molecule has 0 aromatic heterocycles. The Morgan fingerprint density at radius 1 is 1.14 bits per heavy atom. The fourth-order valence-electron chi connectivity index (χ4n) is 4.70. The number of hydrogen-bond acceptors (Lipinski definition) is 4. The molecule has 0 bridgehead atoms. The summed E-state index contributed by atoms with van der Waals surface area (Å²) in [7, 11) is 0. The molecule has 1 atom stereocenters. The van der Waals surface area contributed by atoms with Gasteiger partial charge in [-0.2, -0.15) is 0 Å². The third-order valence-corrected chi connectivity index (χ3v) is 6.44. The number of ether oxygens (including phenoxy) is 1. The molecule has 0 spiro atoms. The Morgan fingerprint density at radius 2 is 1.96 bits per heavy atom. The van der Waals surface area contributed by atoms with Crippen molar-refractivity contribution >= 4 is 5.91 Å². The van der Waals surface area contributed by atoms with Gasteiger partial charge in [-0.15, -0.1) is 0 Å². The Balaban J connectivity index is 1.24. The lowest BCUT2D eigenvalue weighted by Crippen LogP contribution is -2.50. The summed E-state index contributed by atoms with van der Waals surface area (Å²) in [5.74, 6) is 1.48. The summed E-state index contributed by atoms with van der Waals surface area (Å²) in [6.45, 7) is 8.13. The zero-order valence-corrected chi connectivity index (χ0v) is 17.2. The number of nitrogens with zero attached hydrogens (tertiary/aromatic N) is 2. The Labute approximate surface area is 169 Å². The molecule has 5 nitrogen and oxygen atoms in total. The Hall–Kier alpha value is -1.59. The number of benzene rings is 1. The van der Waals surface area contributed by atoms with Gasteiger partial charge in [0.1, 0.15) is 5.75 Å². The van der Waals surface area contributed by atoms with Gasteiger partial charge in [0, 0.05) is 25.2 Å². The number of hydrogen-bond donors (Lipinski definition) is 1. The number of carbonyl (C=O) groups is 1. The van der Waals surface area contributed by atoms with Crippen LogP contribution in [0.1, 0.15) is 51.0 Å². The summed E-state index contributed by atoms with van der Waals surface area (Å²) >= 11 is 0. The molecule has 1 N–H and O–H groups in total. The van der Waals surface area contributed by atoms with Crippen LogP contribution in [0.4, 0.5) is 0 Å². The van der Waals surface area contributed by atoms with Crippen LogP contribution in [0.3, 0.4) is 0 Å². The molecule has 1 unspecified atom stereocenters. The monoisotopic (exact) mass is 385 g/mol. The molecular weight excluding hydrogens is 350 g/mol. The lowest BCUT2D eigenvalue weighted by Gasteiger charge is -2.42.